The number of piperazine rings is 1. The molecule has 1 unspecified atom stereocenters. The van der Waals surface area contributed by atoms with Crippen molar-refractivity contribution in [2.45, 2.75) is 38.8 Å². The minimum atomic E-state index is -0.599. The predicted octanol–water partition coefficient (Wildman–Crippen LogP) is 0.733. The summed E-state index contributed by atoms with van der Waals surface area (Å²) in [4.78, 5) is 31.3. The highest BCUT2D eigenvalue weighted by Gasteiger charge is 2.53. The lowest BCUT2D eigenvalue weighted by atomic mass is 9.90. The van der Waals surface area contributed by atoms with Crippen LogP contribution in [0.15, 0.2) is 12.7 Å². The van der Waals surface area contributed by atoms with Crippen molar-refractivity contribution in [3.63, 3.8) is 0 Å². The summed E-state index contributed by atoms with van der Waals surface area (Å²) in [7, 11) is 0. The summed E-state index contributed by atoms with van der Waals surface area (Å²) >= 11 is 0. The fourth-order valence-electron chi connectivity index (χ4n) is 3.58. The molecule has 0 aromatic rings. The average Bonchev–Trinajstić information content (AvgIpc) is 2.96. The third-order valence-electron chi connectivity index (χ3n) is 4.88. The van der Waals surface area contributed by atoms with Gasteiger partial charge in [-0.3, -0.25) is 14.5 Å². The fraction of sp³-hybridized carbons (Fsp3) is 0.765. The van der Waals surface area contributed by atoms with Gasteiger partial charge in [0.15, 0.2) is 0 Å². The van der Waals surface area contributed by atoms with Gasteiger partial charge in [-0.15, -0.1) is 6.58 Å². The molecule has 2 rings (SSSR count). The molecule has 0 radical (unpaired) electrons. The van der Waals surface area contributed by atoms with Crippen LogP contribution in [0.3, 0.4) is 0 Å². The molecule has 0 aliphatic carbocycles. The summed E-state index contributed by atoms with van der Waals surface area (Å²) in [6, 6.07) is 0.179. The van der Waals surface area contributed by atoms with Crippen molar-refractivity contribution < 1.29 is 14.3 Å². The van der Waals surface area contributed by atoms with Gasteiger partial charge in [-0.1, -0.05) is 6.08 Å². The molecule has 0 N–H and O–H groups in total. The highest BCUT2D eigenvalue weighted by atomic mass is 16.5. The molecule has 2 fully saturated rings. The summed E-state index contributed by atoms with van der Waals surface area (Å²) in [6.45, 7) is 13.7. The fourth-order valence-corrected chi connectivity index (χ4v) is 3.58. The summed E-state index contributed by atoms with van der Waals surface area (Å²) in [5, 5.41) is 0. The summed E-state index contributed by atoms with van der Waals surface area (Å²) < 4.78 is 5.23. The molecule has 0 aromatic carbocycles. The highest BCUT2D eigenvalue weighted by molar-refractivity contribution is 5.90. The topological polar surface area (TPSA) is 53.1 Å². The van der Waals surface area contributed by atoms with E-state index in [0.717, 1.165) is 13.1 Å². The molecule has 130 valence electrons. The second-order valence-electron chi connectivity index (χ2n) is 6.56. The van der Waals surface area contributed by atoms with Gasteiger partial charge in [0, 0.05) is 45.4 Å². The minimum absolute atomic E-state index is 0.0308. The van der Waals surface area contributed by atoms with Crippen molar-refractivity contribution in [3.05, 3.63) is 12.7 Å². The molecule has 6 heteroatoms. The third-order valence-corrected chi connectivity index (χ3v) is 4.88. The van der Waals surface area contributed by atoms with Gasteiger partial charge in [-0.2, -0.15) is 0 Å². The normalized spacial score (nSPS) is 25.7. The first-order chi connectivity index (χ1) is 11.0. The van der Waals surface area contributed by atoms with Crippen LogP contribution in [0, 0.1) is 0 Å². The van der Waals surface area contributed by atoms with E-state index in [9.17, 15) is 9.59 Å². The molecule has 2 saturated heterocycles. The molecular weight excluding hydrogens is 294 g/mol. The molecule has 2 amide bonds. The molecule has 23 heavy (non-hydrogen) atoms. The molecule has 1 atom stereocenters. The van der Waals surface area contributed by atoms with Crippen LogP contribution in [0.4, 0.5) is 0 Å². The highest BCUT2D eigenvalue weighted by Crippen LogP contribution is 2.33. The van der Waals surface area contributed by atoms with Crippen molar-refractivity contribution in [2.75, 3.05) is 45.9 Å². The summed E-state index contributed by atoms with van der Waals surface area (Å²) in [6.07, 6.45) is 2.52. The average molecular weight is 323 g/mol. The van der Waals surface area contributed by atoms with E-state index < -0.39 is 5.54 Å². The van der Waals surface area contributed by atoms with Gasteiger partial charge >= 0.3 is 0 Å². The largest absolute Gasteiger partial charge is 0.372 e. The maximum Gasteiger partial charge on any atom is 0.248 e. The van der Waals surface area contributed by atoms with Crippen molar-refractivity contribution in [2.24, 2.45) is 0 Å². The van der Waals surface area contributed by atoms with E-state index in [1.165, 1.54) is 0 Å². The summed E-state index contributed by atoms with van der Waals surface area (Å²) in [5.41, 5.74) is -0.599. The molecule has 2 aliphatic heterocycles. The first kappa shape index (κ1) is 17.9. The van der Waals surface area contributed by atoms with E-state index >= 15 is 0 Å². The molecular formula is C17H29N3O3. The van der Waals surface area contributed by atoms with Crippen LogP contribution in [0.5, 0.6) is 0 Å². The van der Waals surface area contributed by atoms with Gasteiger partial charge in [0.2, 0.25) is 11.8 Å². The first-order valence-electron chi connectivity index (χ1n) is 8.48. The summed E-state index contributed by atoms with van der Waals surface area (Å²) in [5.74, 6) is 0.115. The molecule has 2 heterocycles. The molecule has 0 bridgehead atoms. The lowest BCUT2D eigenvalue weighted by molar-refractivity contribution is -0.153. The number of likely N-dealkylation sites (tertiary alicyclic amines) is 1. The molecule has 6 nitrogen and oxygen atoms in total. The zero-order chi connectivity index (χ0) is 17.0. The maximum atomic E-state index is 13.1. The van der Waals surface area contributed by atoms with Gasteiger partial charge in [0.05, 0.1) is 0 Å². The van der Waals surface area contributed by atoms with Crippen molar-refractivity contribution in [3.8, 4) is 0 Å². The van der Waals surface area contributed by atoms with Gasteiger partial charge < -0.3 is 14.5 Å². The van der Waals surface area contributed by atoms with Crippen LogP contribution < -0.4 is 0 Å². The van der Waals surface area contributed by atoms with E-state index in [4.69, 9.17) is 4.74 Å². The number of ether oxygens (including phenoxy) is 1. The number of carbonyl (C=O) groups excluding carboxylic acids is 2. The van der Waals surface area contributed by atoms with E-state index in [1.54, 1.807) is 4.90 Å². The van der Waals surface area contributed by atoms with Crippen molar-refractivity contribution in [1.82, 2.24) is 14.7 Å². The second-order valence-corrected chi connectivity index (χ2v) is 6.56. The maximum absolute atomic E-state index is 13.1. The van der Waals surface area contributed by atoms with E-state index in [-0.39, 0.29) is 24.5 Å². The standard InChI is InChI=1S/C17H29N3O3/c1-5-8-19-10-11-20(14(3)4)16(22)17(19)7-9-18(13-17)15(21)12-23-6-2/h5,14H,1,6-13H2,2-4H3. The quantitative estimate of drug-likeness (QED) is 0.676. The Bertz CT molecular complexity index is 466. The van der Waals surface area contributed by atoms with Gasteiger partial charge in [-0.25, -0.2) is 0 Å². The number of nitrogens with zero attached hydrogens (tertiary/aromatic N) is 3. The number of rotatable bonds is 6. The van der Waals surface area contributed by atoms with Crippen LogP contribution in [0.2, 0.25) is 0 Å². The van der Waals surface area contributed by atoms with Crippen LogP contribution in [-0.4, -0.2) is 84.0 Å². The monoisotopic (exact) mass is 323 g/mol. The van der Waals surface area contributed by atoms with Gasteiger partial charge in [-0.05, 0) is 27.2 Å². The molecule has 2 aliphatic rings. The molecule has 0 aromatic heterocycles. The Hall–Kier alpha value is -1.40. The van der Waals surface area contributed by atoms with Gasteiger partial charge in [0.25, 0.3) is 0 Å². The Morgan fingerprint density at radius 2 is 2.13 bits per heavy atom. The van der Waals surface area contributed by atoms with E-state index in [0.29, 0.717) is 32.7 Å². The number of amides is 2. The predicted molar refractivity (Wildman–Crippen MR) is 89.0 cm³/mol. The van der Waals surface area contributed by atoms with Crippen LogP contribution in [0.1, 0.15) is 27.2 Å². The Kier molecular flexibility index (Phi) is 5.81. The lowest BCUT2D eigenvalue weighted by Gasteiger charge is -2.48. The van der Waals surface area contributed by atoms with Crippen molar-refractivity contribution in [1.29, 1.82) is 0 Å². The number of carbonyl (C=O) groups is 2. The lowest BCUT2D eigenvalue weighted by Crippen LogP contribution is -2.68. The third kappa shape index (κ3) is 3.43. The SMILES string of the molecule is C=CCN1CCN(C(C)C)C(=O)C12CCN(C(=O)COCC)C2. The smallest absolute Gasteiger partial charge is 0.248 e. The number of hydrogen-bond donors (Lipinski definition) is 0. The van der Waals surface area contributed by atoms with Gasteiger partial charge in [0.1, 0.15) is 12.1 Å². The second kappa shape index (κ2) is 7.45. The zero-order valence-electron chi connectivity index (χ0n) is 14.6. The van der Waals surface area contributed by atoms with E-state index in [2.05, 4.69) is 11.5 Å². The minimum Gasteiger partial charge on any atom is -0.372 e. The van der Waals surface area contributed by atoms with E-state index in [1.807, 2.05) is 31.7 Å². The Morgan fingerprint density at radius 3 is 2.74 bits per heavy atom. The number of hydrogen-bond acceptors (Lipinski definition) is 4. The Morgan fingerprint density at radius 1 is 1.39 bits per heavy atom. The van der Waals surface area contributed by atoms with Crippen LogP contribution in [0.25, 0.3) is 0 Å². The Labute approximate surface area is 139 Å². The molecule has 0 saturated carbocycles. The van der Waals surface area contributed by atoms with Crippen LogP contribution in [-0.2, 0) is 14.3 Å². The molecule has 1 spiro atoms. The van der Waals surface area contributed by atoms with Crippen molar-refractivity contribution >= 4 is 11.8 Å². The Balaban J connectivity index is 2.18. The first-order valence-corrected chi connectivity index (χ1v) is 8.48. The van der Waals surface area contributed by atoms with Crippen LogP contribution >= 0.6 is 0 Å². The zero-order valence-corrected chi connectivity index (χ0v) is 14.6.